The molecule has 2 saturated heterocycles. The zero-order chi connectivity index (χ0) is 11.9. The zero-order valence-electron chi connectivity index (χ0n) is 11.6. The molecule has 2 rings (SSSR count). The number of likely N-dealkylation sites (tertiary alicyclic amines) is 1. The first-order valence-corrected chi connectivity index (χ1v) is 7.84. The third-order valence-electron chi connectivity index (χ3n) is 4.59. The third-order valence-corrected chi connectivity index (χ3v) is 4.59. The number of hydrogen-bond acceptors (Lipinski definition) is 2. The van der Waals surface area contributed by atoms with Crippen molar-refractivity contribution in [1.29, 1.82) is 0 Å². The normalized spacial score (nSPS) is 31.6. The molecular weight excluding hydrogens is 208 g/mol. The summed E-state index contributed by atoms with van der Waals surface area (Å²) in [6, 6.07) is 0.824. The van der Waals surface area contributed by atoms with E-state index in [0.717, 1.165) is 12.0 Å². The Morgan fingerprint density at radius 1 is 1.06 bits per heavy atom. The van der Waals surface area contributed by atoms with E-state index < -0.39 is 0 Å². The Kier molecular flexibility index (Phi) is 5.79. The molecule has 0 aromatic rings. The van der Waals surface area contributed by atoms with E-state index in [-0.39, 0.29) is 0 Å². The van der Waals surface area contributed by atoms with Gasteiger partial charge in [0, 0.05) is 6.04 Å². The summed E-state index contributed by atoms with van der Waals surface area (Å²) >= 11 is 0. The lowest BCUT2D eigenvalue weighted by atomic mass is 9.96. The minimum atomic E-state index is 0.824. The summed E-state index contributed by atoms with van der Waals surface area (Å²) in [6.45, 7) is 7.62. The van der Waals surface area contributed by atoms with E-state index in [1.165, 1.54) is 77.5 Å². The van der Waals surface area contributed by atoms with Crippen molar-refractivity contribution < 1.29 is 0 Å². The highest BCUT2D eigenvalue weighted by Gasteiger charge is 2.18. The Labute approximate surface area is 107 Å². The Morgan fingerprint density at radius 2 is 2.00 bits per heavy atom. The molecule has 0 bridgehead atoms. The van der Waals surface area contributed by atoms with Crippen LogP contribution in [0.3, 0.4) is 0 Å². The molecule has 0 radical (unpaired) electrons. The fraction of sp³-hybridized carbons (Fsp3) is 1.00. The molecule has 1 N–H and O–H groups in total. The molecule has 17 heavy (non-hydrogen) atoms. The summed E-state index contributed by atoms with van der Waals surface area (Å²) in [7, 11) is 0. The summed E-state index contributed by atoms with van der Waals surface area (Å²) in [4.78, 5) is 2.72. The van der Waals surface area contributed by atoms with Gasteiger partial charge in [-0.05, 0) is 70.6 Å². The smallest absolute Gasteiger partial charge is 0.00797 e. The Hall–Kier alpha value is -0.0800. The number of nitrogens with one attached hydrogen (secondary N) is 1. The fourth-order valence-corrected chi connectivity index (χ4v) is 3.49. The Morgan fingerprint density at radius 3 is 2.76 bits per heavy atom. The molecule has 2 aliphatic heterocycles. The minimum absolute atomic E-state index is 0.824. The van der Waals surface area contributed by atoms with Gasteiger partial charge in [0.25, 0.3) is 0 Å². The summed E-state index contributed by atoms with van der Waals surface area (Å²) in [6.07, 6.45) is 11.4. The van der Waals surface area contributed by atoms with Crippen LogP contribution >= 0.6 is 0 Å². The van der Waals surface area contributed by atoms with E-state index in [4.69, 9.17) is 0 Å². The summed E-state index contributed by atoms with van der Waals surface area (Å²) < 4.78 is 0. The van der Waals surface area contributed by atoms with Crippen molar-refractivity contribution in [1.82, 2.24) is 10.2 Å². The van der Waals surface area contributed by atoms with Crippen LogP contribution in [-0.4, -0.2) is 37.1 Å². The molecule has 0 aromatic carbocycles. The molecule has 0 saturated carbocycles. The molecule has 0 aliphatic carbocycles. The quantitative estimate of drug-likeness (QED) is 0.792. The standard InChI is InChI=1S/C15H30N2/c1-2-5-14-6-4-11-17(12-8-14)13-9-15-7-3-10-16-15/h14-16H,2-13H2,1H3. The van der Waals surface area contributed by atoms with Gasteiger partial charge in [-0.2, -0.15) is 0 Å². The van der Waals surface area contributed by atoms with Crippen molar-refractivity contribution in [3.8, 4) is 0 Å². The van der Waals surface area contributed by atoms with Crippen molar-refractivity contribution in [2.75, 3.05) is 26.2 Å². The largest absolute Gasteiger partial charge is 0.314 e. The predicted molar refractivity (Wildman–Crippen MR) is 74.3 cm³/mol. The maximum Gasteiger partial charge on any atom is 0.00797 e. The maximum atomic E-state index is 3.61. The lowest BCUT2D eigenvalue weighted by molar-refractivity contribution is 0.265. The van der Waals surface area contributed by atoms with E-state index in [2.05, 4.69) is 17.1 Å². The van der Waals surface area contributed by atoms with E-state index in [1.807, 2.05) is 0 Å². The van der Waals surface area contributed by atoms with Crippen molar-refractivity contribution >= 4 is 0 Å². The average Bonchev–Trinajstić information content (AvgIpc) is 2.75. The van der Waals surface area contributed by atoms with Crippen LogP contribution in [0.5, 0.6) is 0 Å². The highest BCUT2D eigenvalue weighted by Crippen LogP contribution is 2.22. The van der Waals surface area contributed by atoms with E-state index in [9.17, 15) is 0 Å². The fourth-order valence-electron chi connectivity index (χ4n) is 3.49. The highest BCUT2D eigenvalue weighted by atomic mass is 15.1. The van der Waals surface area contributed by atoms with Crippen LogP contribution in [0.25, 0.3) is 0 Å². The predicted octanol–water partition coefficient (Wildman–Crippen LogP) is 3.03. The van der Waals surface area contributed by atoms with Crippen LogP contribution in [0.4, 0.5) is 0 Å². The van der Waals surface area contributed by atoms with E-state index in [0.29, 0.717) is 0 Å². The maximum absolute atomic E-state index is 3.61. The molecule has 0 aromatic heterocycles. The average molecular weight is 238 g/mol. The van der Waals surface area contributed by atoms with Crippen LogP contribution in [0.15, 0.2) is 0 Å². The number of hydrogen-bond donors (Lipinski definition) is 1. The van der Waals surface area contributed by atoms with Gasteiger partial charge in [0.15, 0.2) is 0 Å². The van der Waals surface area contributed by atoms with Gasteiger partial charge in [0.1, 0.15) is 0 Å². The Balaban J connectivity index is 1.63. The summed E-state index contributed by atoms with van der Waals surface area (Å²) in [5.74, 6) is 1.02. The summed E-state index contributed by atoms with van der Waals surface area (Å²) in [5, 5.41) is 3.61. The van der Waals surface area contributed by atoms with Gasteiger partial charge in [-0.25, -0.2) is 0 Å². The molecule has 2 nitrogen and oxygen atoms in total. The molecule has 2 heterocycles. The van der Waals surface area contributed by atoms with Gasteiger partial charge in [0.05, 0.1) is 0 Å². The molecule has 0 spiro atoms. The van der Waals surface area contributed by atoms with Gasteiger partial charge in [-0.3, -0.25) is 0 Å². The van der Waals surface area contributed by atoms with Crippen molar-refractivity contribution in [2.45, 2.75) is 64.3 Å². The lowest BCUT2D eigenvalue weighted by Crippen LogP contribution is -2.31. The van der Waals surface area contributed by atoms with Crippen LogP contribution in [0.2, 0.25) is 0 Å². The van der Waals surface area contributed by atoms with Crippen LogP contribution < -0.4 is 5.32 Å². The molecule has 2 fully saturated rings. The van der Waals surface area contributed by atoms with Gasteiger partial charge >= 0.3 is 0 Å². The van der Waals surface area contributed by atoms with Gasteiger partial charge in [-0.1, -0.05) is 19.8 Å². The van der Waals surface area contributed by atoms with E-state index in [1.54, 1.807) is 0 Å². The molecule has 2 aliphatic rings. The molecule has 2 atom stereocenters. The first-order chi connectivity index (χ1) is 8.38. The molecule has 2 unspecified atom stereocenters. The second-order valence-corrected chi connectivity index (χ2v) is 6.01. The van der Waals surface area contributed by atoms with Gasteiger partial charge in [-0.15, -0.1) is 0 Å². The first-order valence-electron chi connectivity index (χ1n) is 7.84. The van der Waals surface area contributed by atoms with E-state index >= 15 is 0 Å². The number of nitrogens with zero attached hydrogens (tertiary/aromatic N) is 1. The van der Waals surface area contributed by atoms with Gasteiger partial charge < -0.3 is 10.2 Å². The third kappa shape index (κ3) is 4.59. The Bertz CT molecular complexity index is 199. The molecule has 2 heteroatoms. The molecule has 0 amide bonds. The van der Waals surface area contributed by atoms with Crippen LogP contribution in [0, 0.1) is 5.92 Å². The first kappa shape index (κ1) is 13.4. The summed E-state index contributed by atoms with van der Waals surface area (Å²) in [5.41, 5.74) is 0. The minimum Gasteiger partial charge on any atom is -0.314 e. The molecule has 100 valence electrons. The number of rotatable bonds is 5. The second kappa shape index (κ2) is 7.38. The molecular formula is C15H30N2. The highest BCUT2D eigenvalue weighted by molar-refractivity contribution is 4.77. The van der Waals surface area contributed by atoms with Crippen LogP contribution in [-0.2, 0) is 0 Å². The van der Waals surface area contributed by atoms with Crippen molar-refractivity contribution in [3.05, 3.63) is 0 Å². The monoisotopic (exact) mass is 238 g/mol. The van der Waals surface area contributed by atoms with Crippen molar-refractivity contribution in [2.24, 2.45) is 5.92 Å². The second-order valence-electron chi connectivity index (χ2n) is 6.01. The zero-order valence-corrected chi connectivity index (χ0v) is 11.6. The van der Waals surface area contributed by atoms with Crippen LogP contribution in [0.1, 0.15) is 58.3 Å². The van der Waals surface area contributed by atoms with Crippen molar-refractivity contribution in [3.63, 3.8) is 0 Å². The SMILES string of the molecule is CCCC1CCCN(CCC2CCCN2)CC1. The van der Waals surface area contributed by atoms with Gasteiger partial charge in [0.2, 0.25) is 0 Å². The lowest BCUT2D eigenvalue weighted by Gasteiger charge is -2.22. The topological polar surface area (TPSA) is 15.3 Å².